The fourth-order valence-corrected chi connectivity index (χ4v) is 1.96. The molecule has 1 N–H and O–H groups in total. The first-order valence-corrected chi connectivity index (χ1v) is 7.82. The summed E-state index contributed by atoms with van der Waals surface area (Å²) in [4.78, 5) is 16.3. The number of benzene rings is 1. The summed E-state index contributed by atoms with van der Waals surface area (Å²) in [6.45, 7) is 3.63. The third kappa shape index (κ3) is 3.74. The number of aromatic nitrogens is 2. The highest BCUT2D eigenvalue weighted by Crippen LogP contribution is 2.38. The number of amides is 1. The van der Waals surface area contributed by atoms with E-state index in [1.807, 2.05) is 0 Å². The molecule has 6 nitrogen and oxygen atoms in total. The van der Waals surface area contributed by atoms with Gasteiger partial charge in [-0.3, -0.25) is 4.79 Å². The van der Waals surface area contributed by atoms with Crippen molar-refractivity contribution in [2.45, 2.75) is 39.2 Å². The molecule has 1 fully saturated rings. The Kier molecular flexibility index (Phi) is 4.26. The Morgan fingerprint density at radius 2 is 2.12 bits per heavy atom. The van der Waals surface area contributed by atoms with Crippen LogP contribution in [0, 0.1) is 17.8 Å². The number of carbonyl (C=O) groups is 1. The number of nitrogens with zero attached hydrogens (tertiary/aromatic N) is 2. The molecule has 1 aliphatic rings. The zero-order valence-corrected chi connectivity index (χ0v) is 13.7. The molecule has 1 aliphatic carbocycles. The van der Waals surface area contributed by atoms with Crippen molar-refractivity contribution in [2.24, 2.45) is 5.41 Å². The SMILES string of the molecule is C#CC(C)(C)C(=O)Nc1ccc(OCc2noc(C3CC3)n2)cc1. The Hall–Kier alpha value is -2.81. The molecule has 1 aromatic carbocycles. The fourth-order valence-electron chi connectivity index (χ4n) is 1.96. The average Bonchev–Trinajstić information content (AvgIpc) is 3.33. The zero-order chi connectivity index (χ0) is 17.2. The van der Waals surface area contributed by atoms with E-state index in [0.717, 1.165) is 12.8 Å². The van der Waals surface area contributed by atoms with E-state index in [-0.39, 0.29) is 12.5 Å². The zero-order valence-electron chi connectivity index (χ0n) is 13.7. The van der Waals surface area contributed by atoms with E-state index in [1.165, 1.54) is 0 Å². The van der Waals surface area contributed by atoms with Gasteiger partial charge in [0.15, 0.2) is 6.61 Å². The third-order valence-corrected chi connectivity index (χ3v) is 3.82. The second kappa shape index (κ2) is 6.36. The number of rotatable bonds is 6. The van der Waals surface area contributed by atoms with Crippen molar-refractivity contribution in [1.82, 2.24) is 10.1 Å². The van der Waals surface area contributed by atoms with Gasteiger partial charge >= 0.3 is 0 Å². The first-order valence-electron chi connectivity index (χ1n) is 7.82. The summed E-state index contributed by atoms with van der Waals surface area (Å²) in [7, 11) is 0. The molecular weight excluding hydrogens is 306 g/mol. The number of ether oxygens (including phenoxy) is 1. The summed E-state index contributed by atoms with van der Waals surface area (Å²) >= 11 is 0. The topological polar surface area (TPSA) is 77.2 Å². The summed E-state index contributed by atoms with van der Waals surface area (Å²) in [5.74, 6) is 4.56. The number of hydrogen-bond acceptors (Lipinski definition) is 5. The van der Waals surface area contributed by atoms with Crippen molar-refractivity contribution in [1.29, 1.82) is 0 Å². The number of anilines is 1. The normalized spacial score (nSPS) is 14.0. The van der Waals surface area contributed by atoms with Gasteiger partial charge in [-0.1, -0.05) is 11.1 Å². The van der Waals surface area contributed by atoms with Crippen LogP contribution in [0.2, 0.25) is 0 Å². The Bertz CT molecular complexity index is 768. The molecule has 0 radical (unpaired) electrons. The van der Waals surface area contributed by atoms with Crippen LogP contribution in [-0.4, -0.2) is 16.0 Å². The molecule has 0 aliphatic heterocycles. The lowest BCUT2D eigenvalue weighted by molar-refractivity contribution is -0.121. The summed E-state index contributed by atoms with van der Waals surface area (Å²) in [5, 5.41) is 6.68. The fraction of sp³-hybridized carbons (Fsp3) is 0.389. The van der Waals surface area contributed by atoms with Gasteiger partial charge in [0.05, 0.1) is 0 Å². The molecular formula is C18H19N3O3. The second-order valence-corrected chi connectivity index (χ2v) is 6.36. The van der Waals surface area contributed by atoms with E-state index in [1.54, 1.807) is 38.1 Å². The maximum Gasteiger partial charge on any atom is 0.242 e. The van der Waals surface area contributed by atoms with Gasteiger partial charge in [0.2, 0.25) is 17.6 Å². The summed E-state index contributed by atoms with van der Waals surface area (Å²) in [5.41, 5.74) is -0.196. The molecule has 0 bridgehead atoms. The maximum atomic E-state index is 12.0. The van der Waals surface area contributed by atoms with Gasteiger partial charge in [-0.15, -0.1) is 6.42 Å². The smallest absolute Gasteiger partial charge is 0.242 e. The van der Waals surface area contributed by atoms with Gasteiger partial charge in [-0.2, -0.15) is 4.98 Å². The predicted molar refractivity (Wildman–Crippen MR) is 88.3 cm³/mol. The number of terminal acetylenes is 1. The van der Waals surface area contributed by atoms with Crippen LogP contribution >= 0.6 is 0 Å². The van der Waals surface area contributed by atoms with Crippen molar-refractivity contribution in [2.75, 3.05) is 5.32 Å². The lowest BCUT2D eigenvalue weighted by Gasteiger charge is -2.17. The van der Waals surface area contributed by atoms with Crippen LogP contribution in [0.3, 0.4) is 0 Å². The van der Waals surface area contributed by atoms with Crippen molar-refractivity contribution in [3.8, 4) is 18.1 Å². The Morgan fingerprint density at radius 1 is 1.42 bits per heavy atom. The van der Waals surface area contributed by atoms with E-state index < -0.39 is 5.41 Å². The molecule has 0 spiro atoms. The Morgan fingerprint density at radius 3 is 2.75 bits per heavy atom. The second-order valence-electron chi connectivity index (χ2n) is 6.36. The number of carbonyl (C=O) groups excluding carboxylic acids is 1. The van der Waals surface area contributed by atoms with E-state index in [9.17, 15) is 4.79 Å². The molecule has 2 aromatic rings. The van der Waals surface area contributed by atoms with Crippen LogP contribution in [-0.2, 0) is 11.4 Å². The van der Waals surface area contributed by atoms with Crippen molar-refractivity contribution >= 4 is 11.6 Å². The van der Waals surface area contributed by atoms with Gasteiger partial charge in [0.1, 0.15) is 11.2 Å². The molecule has 0 atom stereocenters. The molecule has 0 saturated heterocycles. The number of nitrogens with one attached hydrogen (secondary N) is 1. The lowest BCUT2D eigenvalue weighted by atomic mass is 9.94. The summed E-state index contributed by atoms with van der Waals surface area (Å²) in [6, 6.07) is 7.04. The highest BCUT2D eigenvalue weighted by molar-refractivity contribution is 5.96. The Labute approximate surface area is 140 Å². The van der Waals surface area contributed by atoms with Gasteiger partial charge in [0, 0.05) is 11.6 Å². The minimum absolute atomic E-state index is 0.224. The van der Waals surface area contributed by atoms with Crippen LogP contribution in [0.25, 0.3) is 0 Å². The van der Waals surface area contributed by atoms with E-state index in [2.05, 4.69) is 21.4 Å². The third-order valence-electron chi connectivity index (χ3n) is 3.82. The van der Waals surface area contributed by atoms with E-state index in [0.29, 0.717) is 29.1 Å². The van der Waals surface area contributed by atoms with Crippen molar-refractivity contribution < 1.29 is 14.1 Å². The molecule has 124 valence electrons. The monoisotopic (exact) mass is 325 g/mol. The maximum absolute atomic E-state index is 12.0. The lowest BCUT2D eigenvalue weighted by Crippen LogP contribution is -2.29. The molecule has 0 unspecified atom stereocenters. The molecule has 1 amide bonds. The van der Waals surface area contributed by atoms with Crippen LogP contribution < -0.4 is 10.1 Å². The Balaban J connectivity index is 1.54. The predicted octanol–water partition coefficient (Wildman–Crippen LogP) is 3.12. The molecule has 1 heterocycles. The quantitative estimate of drug-likeness (QED) is 0.826. The molecule has 6 heteroatoms. The van der Waals surface area contributed by atoms with Crippen molar-refractivity contribution in [3.63, 3.8) is 0 Å². The van der Waals surface area contributed by atoms with E-state index in [4.69, 9.17) is 15.7 Å². The van der Waals surface area contributed by atoms with E-state index >= 15 is 0 Å². The average molecular weight is 325 g/mol. The largest absolute Gasteiger partial charge is 0.485 e. The highest BCUT2D eigenvalue weighted by Gasteiger charge is 2.29. The van der Waals surface area contributed by atoms with Crippen LogP contribution in [0.4, 0.5) is 5.69 Å². The molecule has 1 aromatic heterocycles. The van der Waals surface area contributed by atoms with Gasteiger partial charge in [-0.25, -0.2) is 0 Å². The molecule has 3 rings (SSSR count). The van der Waals surface area contributed by atoms with Gasteiger partial charge < -0.3 is 14.6 Å². The van der Waals surface area contributed by atoms with Crippen LogP contribution in [0.1, 0.15) is 44.3 Å². The number of hydrogen-bond donors (Lipinski definition) is 1. The van der Waals surface area contributed by atoms with Gasteiger partial charge in [0.25, 0.3) is 0 Å². The molecule has 24 heavy (non-hydrogen) atoms. The summed E-state index contributed by atoms with van der Waals surface area (Å²) < 4.78 is 10.8. The van der Waals surface area contributed by atoms with Crippen molar-refractivity contribution in [3.05, 3.63) is 36.0 Å². The van der Waals surface area contributed by atoms with Gasteiger partial charge in [-0.05, 0) is 51.0 Å². The van der Waals surface area contributed by atoms with Crippen LogP contribution in [0.15, 0.2) is 28.8 Å². The van der Waals surface area contributed by atoms with Crippen LogP contribution in [0.5, 0.6) is 5.75 Å². The first-order chi connectivity index (χ1) is 11.5. The minimum atomic E-state index is -0.854. The summed E-state index contributed by atoms with van der Waals surface area (Å²) in [6.07, 6.45) is 7.59. The molecule has 1 saturated carbocycles. The standard InChI is InChI=1S/C18H19N3O3/c1-4-18(2,3)17(22)19-13-7-9-14(10-8-13)23-11-15-20-16(24-21-15)12-5-6-12/h1,7-10,12H,5-6,11H2,2-3H3,(H,19,22). The minimum Gasteiger partial charge on any atom is -0.485 e. The highest BCUT2D eigenvalue weighted by atomic mass is 16.5. The first kappa shape index (κ1) is 16.1.